The third kappa shape index (κ3) is 4.16. The van der Waals surface area contributed by atoms with Crippen molar-refractivity contribution in [3.05, 3.63) is 197 Å². The molecule has 1 aliphatic heterocycles. The van der Waals surface area contributed by atoms with Gasteiger partial charge in [0.05, 0.1) is 5.41 Å². The molecule has 1 aromatic heterocycles. The van der Waals surface area contributed by atoms with Crippen molar-refractivity contribution in [2.45, 2.75) is 34.5 Å². The highest BCUT2D eigenvalue weighted by atomic mass is 32.2. The lowest BCUT2D eigenvalue weighted by molar-refractivity contribution is 0.657. The van der Waals surface area contributed by atoms with Crippen LogP contribution in [0.15, 0.2) is 174 Å². The Labute approximate surface area is 313 Å². The number of fused-ring (bicyclic) bond motifs is 13. The summed E-state index contributed by atoms with van der Waals surface area (Å²) >= 11 is 1.92. The molecule has 7 aromatic carbocycles. The molecule has 2 aliphatic carbocycles. The minimum atomic E-state index is -0.423. The Morgan fingerprint density at radius 1 is 0.396 bits per heavy atom. The SMILES string of the molecule is CC1(C)c2ccc3c(c2-c2cccc(-c4nc(-c5ccccc5)nc(-c5ccccc5)n4)c21)Sc1ccccc1C31c2ccccc2-c2ccccc21. The summed E-state index contributed by atoms with van der Waals surface area (Å²) in [6, 6.07) is 59.1. The van der Waals surface area contributed by atoms with Crippen LogP contribution >= 0.6 is 11.8 Å². The maximum atomic E-state index is 5.20. The Morgan fingerprint density at radius 3 is 1.53 bits per heavy atom. The lowest BCUT2D eigenvalue weighted by Crippen LogP contribution is -2.32. The first-order valence-corrected chi connectivity index (χ1v) is 19.0. The highest BCUT2D eigenvalue weighted by molar-refractivity contribution is 7.99. The lowest BCUT2D eigenvalue weighted by atomic mass is 9.66. The van der Waals surface area contributed by atoms with E-state index in [2.05, 4.69) is 141 Å². The van der Waals surface area contributed by atoms with Crippen molar-refractivity contribution in [1.29, 1.82) is 0 Å². The van der Waals surface area contributed by atoms with Crippen LogP contribution in [0.2, 0.25) is 0 Å². The number of aromatic nitrogens is 3. The average Bonchev–Trinajstić information content (AvgIpc) is 3.64. The third-order valence-corrected chi connectivity index (χ3v) is 12.8. The summed E-state index contributed by atoms with van der Waals surface area (Å²) in [4.78, 5) is 18.0. The smallest absolute Gasteiger partial charge is 0.164 e. The van der Waals surface area contributed by atoms with Gasteiger partial charge in [0.1, 0.15) is 0 Å². The van der Waals surface area contributed by atoms with Crippen molar-refractivity contribution in [2.75, 3.05) is 0 Å². The quantitative estimate of drug-likeness (QED) is 0.184. The van der Waals surface area contributed by atoms with Crippen LogP contribution in [0.1, 0.15) is 47.2 Å². The van der Waals surface area contributed by atoms with E-state index < -0.39 is 5.41 Å². The molecule has 53 heavy (non-hydrogen) atoms. The molecule has 250 valence electrons. The van der Waals surface area contributed by atoms with Gasteiger partial charge in [-0.1, -0.05) is 183 Å². The van der Waals surface area contributed by atoms with Crippen LogP contribution in [-0.4, -0.2) is 15.0 Å². The molecule has 0 atom stereocenters. The normalized spacial score (nSPS) is 14.8. The van der Waals surface area contributed by atoms with E-state index in [0.29, 0.717) is 17.5 Å². The highest BCUT2D eigenvalue weighted by Gasteiger charge is 2.52. The molecule has 0 amide bonds. The molecule has 0 bridgehead atoms. The minimum absolute atomic E-state index is 0.307. The zero-order valence-corrected chi connectivity index (χ0v) is 30.2. The summed E-state index contributed by atoms with van der Waals surface area (Å²) in [6.07, 6.45) is 0. The van der Waals surface area contributed by atoms with Crippen LogP contribution in [0.5, 0.6) is 0 Å². The molecular formula is C49H33N3S. The maximum absolute atomic E-state index is 5.20. The second kappa shape index (κ2) is 11.2. The Bertz CT molecular complexity index is 2680. The first-order chi connectivity index (χ1) is 26.0. The fourth-order valence-corrected chi connectivity index (χ4v) is 10.7. The van der Waals surface area contributed by atoms with Gasteiger partial charge in [-0.2, -0.15) is 0 Å². The van der Waals surface area contributed by atoms with Crippen molar-refractivity contribution < 1.29 is 0 Å². The van der Waals surface area contributed by atoms with Crippen LogP contribution < -0.4 is 0 Å². The summed E-state index contributed by atoms with van der Waals surface area (Å²) in [7, 11) is 0. The van der Waals surface area contributed by atoms with Crippen molar-refractivity contribution in [1.82, 2.24) is 15.0 Å². The first-order valence-electron chi connectivity index (χ1n) is 18.2. The number of hydrogen-bond acceptors (Lipinski definition) is 4. The van der Waals surface area contributed by atoms with Gasteiger partial charge in [0, 0.05) is 37.5 Å². The second-order valence-electron chi connectivity index (χ2n) is 14.7. The van der Waals surface area contributed by atoms with Crippen molar-refractivity contribution in [2.24, 2.45) is 0 Å². The molecule has 1 spiro atoms. The van der Waals surface area contributed by atoms with Crippen LogP contribution in [-0.2, 0) is 10.8 Å². The molecule has 0 fully saturated rings. The second-order valence-corrected chi connectivity index (χ2v) is 15.7. The Morgan fingerprint density at radius 2 is 0.887 bits per heavy atom. The van der Waals surface area contributed by atoms with E-state index in [1.165, 1.54) is 65.4 Å². The molecule has 3 aliphatic rings. The fraction of sp³-hybridized carbons (Fsp3) is 0.0816. The van der Waals surface area contributed by atoms with Crippen molar-refractivity contribution in [3.63, 3.8) is 0 Å². The van der Waals surface area contributed by atoms with E-state index in [4.69, 9.17) is 15.0 Å². The zero-order valence-electron chi connectivity index (χ0n) is 29.3. The first kappa shape index (κ1) is 30.5. The van der Waals surface area contributed by atoms with E-state index in [1.54, 1.807) is 0 Å². The topological polar surface area (TPSA) is 38.7 Å². The number of hydrogen-bond donors (Lipinski definition) is 0. The van der Waals surface area contributed by atoms with E-state index in [-0.39, 0.29) is 5.41 Å². The van der Waals surface area contributed by atoms with Gasteiger partial charge < -0.3 is 0 Å². The zero-order chi connectivity index (χ0) is 35.3. The summed E-state index contributed by atoms with van der Waals surface area (Å²) in [5, 5.41) is 0. The van der Waals surface area contributed by atoms with E-state index in [9.17, 15) is 0 Å². The van der Waals surface area contributed by atoms with Crippen LogP contribution in [0, 0.1) is 0 Å². The number of benzene rings is 7. The molecule has 3 nitrogen and oxygen atoms in total. The third-order valence-electron chi connectivity index (χ3n) is 11.6. The maximum Gasteiger partial charge on any atom is 0.164 e. The van der Waals surface area contributed by atoms with E-state index in [0.717, 1.165) is 16.7 Å². The van der Waals surface area contributed by atoms with E-state index >= 15 is 0 Å². The molecule has 2 heterocycles. The summed E-state index contributed by atoms with van der Waals surface area (Å²) in [5.74, 6) is 2.04. The summed E-state index contributed by atoms with van der Waals surface area (Å²) in [6.45, 7) is 4.73. The molecule has 0 radical (unpaired) electrons. The van der Waals surface area contributed by atoms with E-state index in [1.807, 2.05) is 48.2 Å². The molecule has 0 saturated heterocycles. The molecular weight excluding hydrogens is 663 g/mol. The van der Waals surface area contributed by atoms with Gasteiger partial charge in [0.2, 0.25) is 0 Å². The highest BCUT2D eigenvalue weighted by Crippen LogP contribution is 2.65. The van der Waals surface area contributed by atoms with Gasteiger partial charge in [-0.25, -0.2) is 15.0 Å². The molecule has 0 N–H and O–H groups in total. The van der Waals surface area contributed by atoms with Gasteiger partial charge in [0.25, 0.3) is 0 Å². The standard InChI is InChI=1S/C49H33N3S/c1-48(2)39-28-29-40-44(53-41-27-14-13-26-38(41)49(40)36-24-11-9-20-32(36)33-21-10-12-25-37(33)49)42(39)34-22-15-23-35(43(34)48)47-51-45(30-16-5-3-6-17-30)50-46(52-47)31-18-7-4-8-19-31/h3-29H,1-2H3. The van der Waals surface area contributed by atoms with Crippen LogP contribution in [0.3, 0.4) is 0 Å². The minimum Gasteiger partial charge on any atom is -0.208 e. The predicted octanol–water partition coefficient (Wildman–Crippen LogP) is 12.0. The molecule has 0 saturated carbocycles. The molecule has 11 rings (SSSR count). The monoisotopic (exact) mass is 695 g/mol. The van der Waals surface area contributed by atoms with Crippen molar-refractivity contribution in [3.8, 4) is 56.4 Å². The predicted molar refractivity (Wildman–Crippen MR) is 215 cm³/mol. The largest absolute Gasteiger partial charge is 0.208 e. The van der Waals surface area contributed by atoms with Crippen molar-refractivity contribution >= 4 is 11.8 Å². The number of nitrogens with zero attached hydrogens (tertiary/aromatic N) is 3. The molecule has 4 heteroatoms. The van der Waals surface area contributed by atoms with Gasteiger partial charge in [0.15, 0.2) is 17.5 Å². The van der Waals surface area contributed by atoms with Gasteiger partial charge in [-0.05, 0) is 56.1 Å². The van der Waals surface area contributed by atoms with Crippen LogP contribution in [0.4, 0.5) is 0 Å². The van der Waals surface area contributed by atoms with Gasteiger partial charge >= 0.3 is 0 Å². The average molecular weight is 696 g/mol. The Kier molecular flexibility index (Phi) is 6.45. The molecule has 0 unspecified atom stereocenters. The van der Waals surface area contributed by atoms with Crippen LogP contribution in [0.25, 0.3) is 56.4 Å². The Balaban J connectivity index is 1.19. The Hall–Kier alpha value is -6.10. The fourth-order valence-electron chi connectivity index (χ4n) is 9.39. The van der Waals surface area contributed by atoms with Gasteiger partial charge in [-0.3, -0.25) is 0 Å². The van der Waals surface area contributed by atoms with Gasteiger partial charge in [-0.15, -0.1) is 0 Å². The lowest BCUT2D eigenvalue weighted by Gasteiger charge is -2.40. The number of rotatable bonds is 3. The summed E-state index contributed by atoms with van der Waals surface area (Å²) < 4.78 is 0. The molecule has 8 aromatic rings. The summed E-state index contributed by atoms with van der Waals surface area (Å²) in [5.41, 5.74) is 15.5.